The molecular formula is C16H25N5O4. The lowest BCUT2D eigenvalue weighted by Crippen LogP contribution is -2.42. The minimum atomic E-state index is 0.241. The van der Waals surface area contributed by atoms with Crippen molar-refractivity contribution in [3.63, 3.8) is 0 Å². The van der Waals surface area contributed by atoms with Crippen LogP contribution in [0.15, 0.2) is 0 Å². The number of nitrogens with zero attached hydrogens (tertiary/aromatic N) is 5. The lowest BCUT2D eigenvalue weighted by Gasteiger charge is -2.33. The predicted octanol–water partition coefficient (Wildman–Crippen LogP) is 0.354. The quantitative estimate of drug-likeness (QED) is 0.751. The molecule has 3 heterocycles. The van der Waals surface area contributed by atoms with Gasteiger partial charge in [0.1, 0.15) is 0 Å². The Morgan fingerprint density at radius 2 is 1.64 bits per heavy atom. The molecule has 2 aliphatic heterocycles. The third-order valence-electron chi connectivity index (χ3n) is 4.67. The van der Waals surface area contributed by atoms with E-state index < -0.39 is 0 Å². The standard InChI is InChI=1S/C16H25N5O4/c1-23-15-17-14(18-16(19-15)24-2)21-5-3-12(4-6-21)11-13(22)20-7-9-25-10-8-20/h12H,3-11H2,1-2H3. The first-order valence-corrected chi connectivity index (χ1v) is 8.64. The SMILES string of the molecule is COc1nc(OC)nc(N2CCC(CC(=O)N3CCOCC3)CC2)n1. The summed E-state index contributed by atoms with van der Waals surface area (Å²) in [6, 6.07) is 0.484. The van der Waals surface area contributed by atoms with Crippen LogP contribution in [0, 0.1) is 5.92 Å². The van der Waals surface area contributed by atoms with Gasteiger partial charge in [0.05, 0.1) is 27.4 Å². The van der Waals surface area contributed by atoms with Crippen molar-refractivity contribution in [2.24, 2.45) is 5.92 Å². The number of hydrogen-bond donors (Lipinski definition) is 0. The molecule has 0 spiro atoms. The Balaban J connectivity index is 1.54. The summed E-state index contributed by atoms with van der Waals surface area (Å²) in [5.74, 6) is 1.20. The van der Waals surface area contributed by atoms with E-state index in [-0.39, 0.29) is 17.9 Å². The van der Waals surface area contributed by atoms with E-state index in [4.69, 9.17) is 14.2 Å². The highest BCUT2D eigenvalue weighted by Gasteiger charge is 2.26. The molecule has 1 aromatic heterocycles. The second-order valence-electron chi connectivity index (χ2n) is 6.24. The summed E-state index contributed by atoms with van der Waals surface area (Å²) in [6.45, 7) is 4.32. The zero-order chi connectivity index (χ0) is 17.6. The highest BCUT2D eigenvalue weighted by Crippen LogP contribution is 2.25. The van der Waals surface area contributed by atoms with Gasteiger partial charge in [-0.2, -0.15) is 9.97 Å². The minimum Gasteiger partial charge on any atom is -0.467 e. The van der Waals surface area contributed by atoms with Crippen molar-refractivity contribution in [3.8, 4) is 12.0 Å². The third kappa shape index (κ3) is 4.47. The molecule has 2 saturated heterocycles. The number of anilines is 1. The second-order valence-corrected chi connectivity index (χ2v) is 6.24. The van der Waals surface area contributed by atoms with Crippen molar-refractivity contribution in [1.82, 2.24) is 19.9 Å². The molecular weight excluding hydrogens is 326 g/mol. The fourth-order valence-electron chi connectivity index (χ4n) is 3.18. The summed E-state index contributed by atoms with van der Waals surface area (Å²) >= 11 is 0. The maximum atomic E-state index is 12.4. The molecule has 9 heteroatoms. The van der Waals surface area contributed by atoms with Gasteiger partial charge in [0.2, 0.25) is 11.9 Å². The molecule has 0 aliphatic carbocycles. The van der Waals surface area contributed by atoms with Crippen LogP contribution < -0.4 is 14.4 Å². The first kappa shape index (κ1) is 17.7. The van der Waals surface area contributed by atoms with E-state index in [1.807, 2.05) is 4.90 Å². The molecule has 0 atom stereocenters. The molecule has 9 nitrogen and oxygen atoms in total. The summed E-state index contributed by atoms with van der Waals surface area (Å²) in [5.41, 5.74) is 0. The number of carbonyl (C=O) groups excluding carboxylic acids is 1. The number of aromatic nitrogens is 3. The topological polar surface area (TPSA) is 89.9 Å². The fourth-order valence-corrected chi connectivity index (χ4v) is 3.18. The number of ether oxygens (including phenoxy) is 3. The Labute approximate surface area is 147 Å². The van der Waals surface area contributed by atoms with Gasteiger partial charge in [0.15, 0.2) is 0 Å². The molecule has 0 bridgehead atoms. The van der Waals surface area contributed by atoms with E-state index in [0.717, 1.165) is 25.9 Å². The molecule has 0 N–H and O–H groups in total. The molecule has 3 rings (SSSR count). The molecule has 138 valence electrons. The molecule has 1 amide bonds. The van der Waals surface area contributed by atoms with Crippen molar-refractivity contribution in [3.05, 3.63) is 0 Å². The largest absolute Gasteiger partial charge is 0.467 e. The zero-order valence-electron chi connectivity index (χ0n) is 14.8. The monoisotopic (exact) mass is 351 g/mol. The van der Waals surface area contributed by atoms with Gasteiger partial charge in [-0.25, -0.2) is 0 Å². The lowest BCUT2D eigenvalue weighted by atomic mass is 9.93. The summed E-state index contributed by atoms with van der Waals surface area (Å²) < 4.78 is 15.5. The van der Waals surface area contributed by atoms with E-state index in [9.17, 15) is 4.79 Å². The van der Waals surface area contributed by atoms with E-state index in [0.29, 0.717) is 44.6 Å². The van der Waals surface area contributed by atoms with Gasteiger partial charge in [-0.15, -0.1) is 4.98 Å². The minimum absolute atomic E-state index is 0.241. The van der Waals surface area contributed by atoms with E-state index in [1.165, 1.54) is 14.2 Å². The van der Waals surface area contributed by atoms with Crippen LogP contribution in [0.1, 0.15) is 19.3 Å². The highest BCUT2D eigenvalue weighted by atomic mass is 16.5. The maximum absolute atomic E-state index is 12.4. The molecule has 1 aromatic rings. The molecule has 2 fully saturated rings. The number of morpholine rings is 1. The Morgan fingerprint density at radius 3 is 2.20 bits per heavy atom. The predicted molar refractivity (Wildman–Crippen MR) is 89.9 cm³/mol. The first-order chi connectivity index (χ1) is 12.2. The van der Waals surface area contributed by atoms with Crippen LogP contribution in [0.25, 0.3) is 0 Å². The number of piperidine rings is 1. The van der Waals surface area contributed by atoms with Crippen molar-refractivity contribution in [1.29, 1.82) is 0 Å². The Kier molecular flexibility index (Phi) is 5.85. The van der Waals surface area contributed by atoms with Gasteiger partial charge < -0.3 is 24.0 Å². The molecule has 25 heavy (non-hydrogen) atoms. The van der Waals surface area contributed by atoms with Crippen LogP contribution in [0.3, 0.4) is 0 Å². The Bertz CT molecular complexity index is 564. The van der Waals surface area contributed by atoms with Crippen LogP contribution in [-0.4, -0.2) is 79.4 Å². The van der Waals surface area contributed by atoms with Crippen LogP contribution in [0.2, 0.25) is 0 Å². The fraction of sp³-hybridized carbons (Fsp3) is 0.750. The van der Waals surface area contributed by atoms with Gasteiger partial charge in [-0.1, -0.05) is 0 Å². The maximum Gasteiger partial charge on any atom is 0.324 e. The third-order valence-corrected chi connectivity index (χ3v) is 4.67. The molecule has 0 saturated carbocycles. The van der Waals surface area contributed by atoms with Crippen LogP contribution >= 0.6 is 0 Å². The van der Waals surface area contributed by atoms with E-state index >= 15 is 0 Å². The lowest BCUT2D eigenvalue weighted by molar-refractivity contribution is -0.136. The van der Waals surface area contributed by atoms with E-state index in [1.54, 1.807) is 0 Å². The van der Waals surface area contributed by atoms with Gasteiger partial charge in [0, 0.05) is 32.6 Å². The second kappa shape index (κ2) is 8.28. The number of methoxy groups -OCH3 is 2. The number of rotatable bonds is 5. The summed E-state index contributed by atoms with van der Waals surface area (Å²) in [6.07, 6.45) is 2.48. The van der Waals surface area contributed by atoms with Crippen LogP contribution in [0.5, 0.6) is 12.0 Å². The summed E-state index contributed by atoms with van der Waals surface area (Å²) in [4.78, 5) is 29.0. The summed E-state index contributed by atoms with van der Waals surface area (Å²) in [7, 11) is 3.03. The van der Waals surface area contributed by atoms with Crippen molar-refractivity contribution < 1.29 is 19.0 Å². The van der Waals surface area contributed by atoms with Crippen LogP contribution in [0.4, 0.5) is 5.95 Å². The molecule has 0 aromatic carbocycles. The van der Waals surface area contributed by atoms with Crippen molar-refractivity contribution >= 4 is 11.9 Å². The highest BCUT2D eigenvalue weighted by molar-refractivity contribution is 5.76. The Morgan fingerprint density at radius 1 is 1.04 bits per heavy atom. The van der Waals surface area contributed by atoms with Crippen molar-refractivity contribution in [2.45, 2.75) is 19.3 Å². The number of carbonyl (C=O) groups is 1. The number of hydrogen-bond acceptors (Lipinski definition) is 8. The average molecular weight is 351 g/mol. The first-order valence-electron chi connectivity index (χ1n) is 8.64. The normalized spacial score (nSPS) is 19.0. The Hall–Kier alpha value is -2.16. The van der Waals surface area contributed by atoms with Gasteiger partial charge in [-0.3, -0.25) is 4.79 Å². The molecule has 2 aliphatic rings. The van der Waals surface area contributed by atoms with Crippen molar-refractivity contribution in [2.75, 3.05) is 58.5 Å². The zero-order valence-corrected chi connectivity index (χ0v) is 14.8. The van der Waals surface area contributed by atoms with E-state index in [2.05, 4.69) is 19.9 Å². The molecule has 0 radical (unpaired) electrons. The number of amides is 1. The van der Waals surface area contributed by atoms with Gasteiger partial charge in [0.25, 0.3) is 0 Å². The van der Waals surface area contributed by atoms with Gasteiger partial charge >= 0.3 is 12.0 Å². The average Bonchev–Trinajstić information content (AvgIpc) is 2.68. The van der Waals surface area contributed by atoms with Gasteiger partial charge in [-0.05, 0) is 18.8 Å². The van der Waals surface area contributed by atoms with Crippen LogP contribution in [-0.2, 0) is 9.53 Å². The summed E-state index contributed by atoms with van der Waals surface area (Å²) in [5, 5.41) is 0. The smallest absolute Gasteiger partial charge is 0.324 e. The molecule has 0 unspecified atom stereocenters.